The molecule has 20 heavy (non-hydrogen) atoms. The van der Waals surface area contributed by atoms with Crippen LogP contribution >= 0.6 is 22.9 Å². The molecule has 0 spiro atoms. The summed E-state index contributed by atoms with van der Waals surface area (Å²) >= 11 is 7.02. The van der Waals surface area contributed by atoms with Gasteiger partial charge in [0.25, 0.3) is 0 Å². The highest BCUT2D eigenvalue weighted by Gasteiger charge is 2.22. The van der Waals surface area contributed by atoms with Gasteiger partial charge in [0.15, 0.2) is 0 Å². The highest BCUT2D eigenvalue weighted by Crippen LogP contribution is 2.12. The summed E-state index contributed by atoms with van der Waals surface area (Å²) in [5.41, 5.74) is 0.00601. The van der Waals surface area contributed by atoms with E-state index in [1.165, 1.54) is 11.3 Å². The predicted molar refractivity (Wildman–Crippen MR) is 80.4 cm³/mol. The summed E-state index contributed by atoms with van der Waals surface area (Å²) in [6.45, 7) is 3.60. The fourth-order valence-corrected chi connectivity index (χ4v) is 3.65. The van der Waals surface area contributed by atoms with Crippen molar-refractivity contribution in [3.05, 3.63) is 16.1 Å². The molecule has 0 saturated carbocycles. The second-order valence-corrected chi connectivity index (χ2v) is 8.04. The van der Waals surface area contributed by atoms with Crippen molar-refractivity contribution in [2.24, 2.45) is 0 Å². The number of aromatic nitrogens is 1. The zero-order chi connectivity index (χ0) is 15.4. The highest BCUT2D eigenvalue weighted by atomic mass is 35.5. The number of carbonyl (C=O) groups excluding carboxylic acids is 1. The smallest absolute Gasteiger partial charge is 0.226 e. The molecule has 0 radical (unpaired) electrons. The van der Waals surface area contributed by atoms with Gasteiger partial charge in [0.2, 0.25) is 15.9 Å². The Labute approximate surface area is 128 Å². The lowest BCUT2D eigenvalue weighted by molar-refractivity contribution is -0.120. The summed E-state index contributed by atoms with van der Waals surface area (Å²) in [5, 5.41) is 5.19. The Bertz CT molecular complexity index is 569. The molecule has 2 N–H and O–H groups in total. The molecule has 1 rings (SSSR count). The van der Waals surface area contributed by atoms with Crippen LogP contribution in [0.2, 0.25) is 0 Å². The average Bonchev–Trinajstić information content (AvgIpc) is 2.71. The Morgan fingerprint density at radius 3 is 2.65 bits per heavy atom. The van der Waals surface area contributed by atoms with Crippen LogP contribution in [0.4, 0.5) is 0 Å². The van der Waals surface area contributed by atoms with Gasteiger partial charge >= 0.3 is 0 Å². The monoisotopic (exact) mass is 339 g/mol. The number of thiazole rings is 1. The molecule has 1 amide bonds. The zero-order valence-electron chi connectivity index (χ0n) is 11.6. The van der Waals surface area contributed by atoms with E-state index in [9.17, 15) is 13.2 Å². The van der Waals surface area contributed by atoms with Crippen LogP contribution in [0, 0.1) is 0 Å². The molecule has 0 fully saturated rings. The molecule has 1 aromatic rings. The molecule has 0 aliphatic heterocycles. The van der Waals surface area contributed by atoms with Crippen LogP contribution in [0.1, 0.15) is 24.5 Å². The van der Waals surface area contributed by atoms with Crippen molar-refractivity contribution in [3.8, 4) is 0 Å². The second-order valence-electron chi connectivity index (χ2n) is 5.08. The van der Waals surface area contributed by atoms with E-state index in [4.69, 9.17) is 11.6 Å². The van der Waals surface area contributed by atoms with E-state index in [2.05, 4.69) is 15.0 Å². The molecule has 0 aliphatic rings. The van der Waals surface area contributed by atoms with Crippen LogP contribution in [0.25, 0.3) is 0 Å². The average molecular weight is 340 g/mol. The summed E-state index contributed by atoms with van der Waals surface area (Å²) in [6.07, 6.45) is 1.25. The van der Waals surface area contributed by atoms with E-state index in [0.29, 0.717) is 10.9 Å². The quantitative estimate of drug-likeness (QED) is 0.721. The van der Waals surface area contributed by atoms with Gasteiger partial charge < -0.3 is 5.32 Å². The molecule has 0 aliphatic carbocycles. The number of rotatable bonds is 7. The predicted octanol–water partition coefficient (Wildman–Crippen LogP) is 0.868. The fourth-order valence-electron chi connectivity index (χ4n) is 1.55. The van der Waals surface area contributed by atoms with Gasteiger partial charge in [0.1, 0.15) is 5.01 Å². The van der Waals surface area contributed by atoms with Crippen LogP contribution in [-0.2, 0) is 27.1 Å². The number of sulfonamides is 1. The molecule has 1 aromatic heterocycles. The molecule has 0 unspecified atom stereocenters. The van der Waals surface area contributed by atoms with E-state index in [1.54, 1.807) is 13.8 Å². The first kappa shape index (κ1) is 17.4. The van der Waals surface area contributed by atoms with Crippen LogP contribution in [0.3, 0.4) is 0 Å². The molecule has 9 heteroatoms. The summed E-state index contributed by atoms with van der Waals surface area (Å²) in [4.78, 5) is 16.0. The summed E-state index contributed by atoms with van der Waals surface area (Å²) in [7, 11) is -3.31. The maximum absolute atomic E-state index is 11.8. The molecular formula is C11H18ClN3O3S2. The van der Waals surface area contributed by atoms with Gasteiger partial charge in [-0.3, -0.25) is 4.79 Å². The second kappa shape index (κ2) is 6.84. The van der Waals surface area contributed by atoms with Crippen molar-refractivity contribution in [2.45, 2.75) is 31.7 Å². The lowest BCUT2D eigenvalue weighted by Crippen LogP contribution is -2.51. The number of carbonyl (C=O) groups is 1. The van der Waals surface area contributed by atoms with Gasteiger partial charge in [-0.2, -0.15) is 0 Å². The Morgan fingerprint density at radius 1 is 1.50 bits per heavy atom. The number of amides is 1. The van der Waals surface area contributed by atoms with Crippen molar-refractivity contribution in [1.82, 2.24) is 15.0 Å². The molecule has 1 heterocycles. The van der Waals surface area contributed by atoms with Gasteiger partial charge in [-0.25, -0.2) is 18.1 Å². The van der Waals surface area contributed by atoms with Crippen LogP contribution in [-0.4, -0.2) is 37.6 Å². The van der Waals surface area contributed by atoms with Crippen molar-refractivity contribution in [1.29, 1.82) is 0 Å². The number of alkyl halides is 1. The minimum Gasteiger partial charge on any atom is -0.354 e. The molecule has 114 valence electrons. The molecule has 0 saturated heterocycles. The first-order valence-corrected chi connectivity index (χ1v) is 9.17. The minimum absolute atomic E-state index is 0.163. The number of halogens is 1. The highest BCUT2D eigenvalue weighted by molar-refractivity contribution is 7.88. The van der Waals surface area contributed by atoms with E-state index in [0.717, 1.165) is 11.9 Å². The van der Waals surface area contributed by atoms with Crippen LogP contribution in [0.5, 0.6) is 0 Å². The van der Waals surface area contributed by atoms with Crippen molar-refractivity contribution in [2.75, 3.05) is 12.8 Å². The maximum Gasteiger partial charge on any atom is 0.226 e. The molecule has 6 nitrogen and oxygen atoms in total. The first-order chi connectivity index (χ1) is 9.11. The van der Waals surface area contributed by atoms with Gasteiger partial charge in [-0.15, -0.1) is 22.9 Å². The van der Waals surface area contributed by atoms with Crippen molar-refractivity contribution >= 4 is 38.9 Å². The normalized spacial score (nSPS) is 12.4. The van der Waals surface area contributed by atoms with Gasteiger partial charge in [0.05, 0.1) is 24.3 Å². The molecular weight excluding hydrogens is 322 g/mol. The Morgan fingerprint density at radius 2 is 2.15 bits per heavy atom. The minimum atomic E-state index is -3.31. The Kier molecular flexibility index (Phi) is 5.93. The summed E-state index contributed by atoms with van der Waals surface area (Å²) < 4.78 is 24.8. The van der Waals surface area contributed by atoms with E-state index in [-0.39, 0.29) is 18.9 Å². The lowest BCUT2D eigenvalue weighted by atomic mass is 10.1. The topological polar surface area (TPSA) is 88.2 Å². The summed E-state index contributed by atoms with van der Waals surface area (Å²) in [6, 6.07) is 0. The number of nitrogens with zero attached hydrogens (tertiary/aromatic N) is 1. The van der Waals surface area contributed by atoms with Gasteiger partial charge in [-0.05, 0) is 13.8 Å². The Balaban J connectivity index is 2.47. The molecule has 0 bridgehead atoms. The molecule has 0 atom stereocenters. The number of hydrogen-bond donors (Lipinski definition) is 2. The standard InChI is InChI=1S/C11H18ClN3O3S2/c1-11(2,15-20(3,17)18)7-13-9(16)4-10-14-8(5-12)6-19-10/h6,15H,4-5,7H2,1-3H3,(H,13,16). The fraction of sp³-hybridized carbons (Fsp3) is 0.636. The third kappa shape index (κ3) is 6.65. The van der Waals surface area contributed by atoms with Crippen LogP contribution in [0.15, 0.2) is 5.38 Å². The lowest BCUT2D eigenvalue weighted by Gasteiger charge is -2.25. The zero-order valence-corrected chi connectivity index (χ0v) is 14.0. The van der Waals surface area contributed by atoms with E-state index in [1.807, 2.05) is 5.38 Å². The third-order valence-electron chi connectivity index (χ3n) is 2.24. The third-order valence-corrected chi connectivity index (χ3v) is 4.33. The van der Waals surface area contributed by atoms with Crippen molar-refractivity contribution < 1.29 is 13.2 Å². The van der Waals surface area contributed by atoms with Gasteiger partial charge in [0, 0.05) is 17.5 Å². The SMILES string of the molecule is CC(C)(CNC(=O)Cc1nc(CCl)cs1)NS(C)(=O)=O. The van der Waals surface area contributed by atoms with E-state index >= 15 is 0 Å². The molecule has 0 aromatic carbocycles. The maximum atomic E-state index is 11.8. The summed E-state index contributed by atoms with van der Waals surface area (Å²) in [5.74, 6) is 0.118. The number of hydrogen-bond acceptors (Lipinski definition) is 5. The largest absolute Gasteiger partial charge is 0.354 e. The number of nitrogens with one attached hydrogen (secondary N) is 2. The Hall–Kier alpha value is -0.700. The van der Waals surface area contributed by atoms with E-state index < -0.39 is 15.6 Å². The first-order valence-electron chi connectivity index (χ1n) is 5.86. The van der Waals surface area contributed by atoms with Crippen LogP contribution < -0.4 is 10.0 Å². The van der Waals surface area contributed by atoms with Gasteiger partial charge in [-0.1, -0.05) is 0 Å². The van der Waals surface area contributed by atoms with Crippen molar-refractivity contribution in [3.63, 3.8) is 0 Å².